The normalized spacial score (nSPS) is 11.1. The highest BCUT2D eigenvalue weighted by molar-refractivity contribution is 5.84. The van der Waals surface area contributed by atoms with Crippen molar-refractivity contribution in [3.63, 3.8) is 0 Å². The highest BCUT2D eigenvalue weighted by atomic mass is 16.6. The Hall–Kier alpha value is -3.62. The number of hydrogen-bond donors (Lipinski definition) is 2. The number of aromatic nitrogens is 2. The summed E-state index contributed by atoms with van der Waals surface area (Å²) in [7, 11) is 0. The molecule has 9 heteroatoms. The first kappa shape index (κ1) is 19.2. The molecule has 3 rings (SSSR count). The number of nitro benzene ring substituents is 1. The van der Waals surface area contributed by atoms with Crippen molar-refractivity contribution < 1.29 is 14.4 Å². The molecule has 0 amide bonds. The van der Waals surface area contributed by atoms with Crippen molar-refractivity contribution in [2.24, 2.45) is 5.10 Å². The highest BCUT2D eigenvalue weighted by Gasteiger charge is 2.22. The van der Waals surface area contributed by atoms with Gasteiger partial charge in [0.15, 0.2) is 5.75 Å². The fourth-order valence-corrected chi connectivity index (χ4v) is 2.60. The number of hydrogen-bond acceptors (Lipinski definition) is 7. The zero-order valence-corrected chi connectivity index (χ0v) is 15.6. The summed E-state index contributed by atoms with van der Waals surface area (Å²) >= 11 is 0. The van der Waals surface area contributed by atoms with Crippen LogP contribution < -0.4 is 14.9 Å². The molecule has 2 N–H and O–H groups in total. The number of aromatic amines is 1. The van der Waals surface area contributed by atoms with Crippen molar-refractivity contribution in [3.05, 3.63) is 52.1 Å². The minimum Gasteiger partial charge on any atom is -0.490 e. The monoisotopic (exact) mass is 383 g/mol. The number of anilines is 1. The SMILES string of the molecule is CCCOc1c(OCC)cc(/C=N\Nc2nc3ccccc3[nH]2)cc1[N+](=O)[O-]. The van der Waals surface area contributed by atoms with E-state index in [9.17, 15) is 10.1 Å². The number of para-hydroxylation sites is 2. The van der Waals surface area contributed by atoms with Crippen molar-refractivity contribution in [3.8, 4) is 11.5 Å². The van der Waals surface area contributed by atoms with Crippen LogP contribution in [0.2, 0.25) is 0 Å². The topological polar surface area (TPSA) is 115 Å². The molecule has 0 aliphatic rings. The average Bonchev–Trinajstić information content (AvgIpc) is 3.09. The number of H-pyrrole nitrogens is 1. The van der Waals surface area contributed by atoms with E-state index in [0.29, 0.717) is 30.5 Å². The van der Waals surface area contributed by atoms with Gasteiger partial charge in [-0.25, -0.2) is 10.4 Å². The standard InChI is InChI=1S/C19H21N5O4/c1-3-9-28-18-16(24(25)26)10-13(11-17(18)27-4-2)12-20-23-19-21-14-7-5-6-8-15(14)22-19/h5-8,10-12H,3-4,9H2,1-2H3,(H2,21,22,23)/b20-12-. The van der Waals surface area contributed by atoms with Crippen molar-refractivity contribution in [2.75, 3.05) is 18.6 Å². The molecule has 28 heavy (non-hydrogen) atoms. The minimum absolute atomic E-state index is 0.135. The lowest BCUT2D eigenvalue weighted by molar-refractivity contribution is -0.386. The molecular formula is C19H21N5O4. The van der Waals surface area contributed by atoms with Gasteiger partial charge < -0.3 is 14.5 Å². The molecule has 0 saturated carbocycles. The molecule has 1 aromatic heterocycles. The molecule has 0 unspecified atom stereocenters. The van der Waals surface area contributed by atoms with Crippen LogP contribution in [0.3, 0.4) is 0 Å². The number of nitro groups is 1. The Morgan fingerprint density at radius 2 is 2.11 bits per heavy atom. The van der Waals surface area contributed by atoms with Crippen LogP contribution in [0.5, 0.6) is 11.5 Å². The Labute approximate surface area is 161 Å². The highest BCUT2D eigenvalue weighted by Crippen LogP contribution is 2.38. The molecule has 0 fully saturated rings. The first-order chi connectivity index (χ1) is 13.6. The van der Waals surface area contributed by atoms with E-state index in [1.807, 2.05) is 31.2 Å². The van der Waals surface area contributed by atoms with Crippen LogP contribution in [0.1, 0.15) is 25.8 Å². The summed E-state index contributed by atoms with van der Waals surface area (Å²) in [5.74, 6) is 0.923. The third-order valence-corrected chi connectivity index (χ3v) is 3.78. The number of imidazole rings is 1. The molecule has 146 valence electrons. The summed E-state index contributed by atoms with van der Waals surface area (Å²) in [5.41, 5.74) is 4.83. The molecule has 0 aliphatic heterocycles. The van der Waals surface area contributed by atoms with Gasteiger partial charge in [0, 0.05) is 11.6 Å². The van der Waals surface area contributed by atoms with Gasteiger partial charge in [-0.05, 0) is 31.5 Å². The smallest absolute Gasteiger partial charge is 0.315 e. The van der Waals surface area contributed by atoms with Gasteiger partial charge in [-0.2, -0.15) is 5.10 Å². The third kappa shape index (κ3) is 4.37. The molecule has 1 heterocycles. The molecule has 0 radical (unpaired) electrons. The zero-order chi connectivity index (χ0) is 19.9. The number of hydrazone groups is 1. The molecule has 0 saturated heterocycles. The predicted octanol–water partition coefficient (Wildman–Crippen LogP) is 4.10. The molecule has 0 aliphatic carbocycles. The van der Waals surface area contributed by atoms with E-state index in [1.165, 1.54) is 12.3 Å². The Kier molecular flexibility index (Phi) is 6.05. The lowest BCUT2D eigenvalue weighted by atomic mass is 10.2. The summed E-state index contributed by atoms with van der Waals surface area (Å²) in [6.45, 7) is 4.45. The Morgan fingerprint density at radius 3 is 2.82 bits per heavy atom. The van der Waals surface area contributed by atoms with E-state index in [2.05, 4.69) is 20.5 Å². The second kappa shape index (κ2) is 8.85. The third-order valence-electron chi connectivity index (χ3n) is 3.78. The second-order valence-corrected chi connectivity index (χ2v) is 5.88. The van der Waals surface area contributed by atoms with Crippen molar-refractivity contribution in [2.45, 2.75) is 20.3 Å². The minimum atomic E-state index is -0.489. The van der Waals surface area contributed by atoms with Crippen molar-refractivity contribution >= 4 is 28.9 Å². The molecule has 2 aromatic carbocycles. The van der Waals surface area contributed by atoms with Gasteiger partial charge in [-0.3, -0.25) is 10.1 Å². The zero-order valence-electron chi connectivity index (χ0n) is 15.6. The maximum Gasteiger partial charge on any atom is 0.315 e. The molecule has 9 nitrogen and oxygen atoms in total. The molecule has 0 atom stereocenters. The van der Waals surface area contributed by atoms with Crippen molar-refractivity contribution in [1.82, 2.24) is 9.97 Å². The Morgan fingerprint density at radius 1 is 1.29 bits per heavy atom. The van der Waals surface area contributed by atoms with Crippen LogP contribution in [0.15, 0.2) is 41.5 Å². The summed E-state index contributed by atoms with van der Waals surface area (Å²) in [5, 5.41) is 15.6. The van der Waals surface area contributed by atoms with E-state index in [4.69, 9.17) is 9.47 Å². The van der Waals surface area contributed by atoms with Gasteiger partial charge in [0.05, 0.1) is 35.4 Å². The summed E-state index contributed by atoms with van der Waals surface area (Å²) in [4.78, 5) is 18.4. The van der Waals surface area contributed by atoms with Gasteiger partial charge in [-0.15, -0.1) is 0 Å². The summed E-state index contributed by atoms with van der Waals surface area (Å²) < 4.78 is 11.1. The van der Waals surface area contributed by atoms with E-state index in [0.717, 1.165) is 17.5 Å². The lowest BCUT2D eigenvalue weighted by Gasteiger charge is -2.12. The number of benzene rings is 2. The number of nitrogens with one attached hydrogen (secondary N) is 2. The van der Waals surface area contributed by atoms with E-state index >= 15 is 0 Å². The van der Waals surface area contributed by atoms with Crippen LogP contribution in [-0.4, -0.2) is 34.3 Å². The summed E-state index contributed by atoms with van der Waals surface area (Å²) in [6.07, 6.45) is 2.19. The first-order valence-corrected chi connectivity index (χ1v) is 8.94. The lowest BCUT2D eigenvalue weighted by Crippen LogP contribution is -2.04. The molecular weight excluding hydrogens is 362 g/mol. The Bertz CT molecular complexity index is 966. The first-order valence-electron chi connectivity index (χ1n) is 8.94. The van der Waals surface area contributed by atoms with Crippen LogP contribution in [-0.2, 0) is 0 Å². The fraction of sp³-hybridized carbons (Fsp3) is 0.263. The van der Waals surface area contributed by atoms with Crippen LogP contribution in [0.4, 0.5) is 11.6 Å². The molecule has 0 spiro atoms. The maximum absolute atomic E-state index is 11.5. The maximum atomic E-state index is 11.5. The van der Waals surface area contributed by atoms with Gasteiger partial charge in [-0.1, -0.05) is 19.1 Å². The number of ether oxygens (including phenoxy) is 2. The molecule has 0 bridgehead atoms. The largest absolute Gasteiger partial charge is 0.490 e. The van der Waals surface area contributed by atoms with Gasteiger partial charge >= 0.3 is 5.69 Å². The fourth-order valence-electron chi connectivity index (χ4n) is 2.60. The Balaban J connectivity index is 1.85. The van der Waals surface area contributed by atoms with Gasteiger partial charge in [0.1, 0.15) is 0 Å². The molecule has 3 aromatic rings. The van der Waals surface area contributed by atoms with Crippen LogP contribution in [0, 0.1) is 10.1 Å². The second-order valence-electron chi connectivity index (χ2n) is 5.88. The van der Waals surface area contributed by atoms with Crippen molar-refractivity contribution in [1.29, 1.82) is 0 Å². The van der Waals surface area contributed by atoms with Gasteiger partial charge in [0.2, 0.25) is 11.7 Å². The van der Waals surface area contributed by atoms with Crippen LogP contribution in [0.25, 0.3) is 11.0 Å². The van der Waals surface area contributed by atoms with Crippen LogP contribution >= 0.6 is 0 Å². The number of fused-ring (bicyclic) bond motifs is 1. The number of rotatable bonds is 9. The predicted molar refractivity (Wildman–Crippen MR) is 107 cm³/mol. The quantitative estimate of drug-likeness (QED) is 0.326. The van der Waals surface area contributed by atoms with E-state index in [1.54, 1.807) is 13.0 Å². The van der Waals surface area contributed by atoms with Gasteiger partial charge in [0.25, 0.3) is 0 Å². The summed E-state index contributed by atoms with van der Waals surface area (Å²) in [6, 6.07) is 10.6. The average molecular weight is 383 g/mol. The van der Waals surface area contributed by atoms with E-state index < -0.39 is 4.92 Å². The number of nitrogens with zero attached hydrogens (tertiary/aromatic N) is 3. The van der Waals surface area contributed by atoms with E-state index in [-0.39, 0.29) is 11.4 Å².